The van der Waals surface area contributed by atoms with E-state index in [1.807, 2.05) is 18.4 Å². The van der Waals surface area contributed by atoms with Crippen molar-refractivity contribution < 1.29 is 13.2 Å². The predicted molar refractivity (Wildman–Crippen MR) is 156 cm³/mol. The van der Waals surface area contributed by atoms with E-state index in [0.717, 1.165) is 6.42 Å². The van der Waals surface area contributed by atoms with Crippen LogP contribution in [0.25, 0.3) is 11.4 Å². The highest BCUT2D eigenvalue weighted by Crippen LogP contribution is 2.35. The van der Waals surface area contributed by atoms with Crippen LogP contribution in [0.2, 0.25) is 15.1 Å². The van der Waals surface area contributed by atoms with Crippen LogP contribution >= 0.6 is 46.6 Å². The summed E-state index contributed by atoms with van der Waals surface area (Å²) in [6.45, 7) is 10.2. The van der Waals surface area contributed by atoms with Crippen LogP contribution in [0.15, 0.2) is 46.5 Å². The Morgan fingerprint density at radius 3 is 2.32 bits per heavy atom. The molecule has 0 fully saturated rings. The number of carbonyl (C=O) groups is 1. The summed E-state index contributed by atoms with van der Waals surface area (Å²) in [4.78, 5) is 13.2. The number of thioether (sulfide) groups is 1. The normalized spacial score (nSPS) is 13.5. The Hall–Kier alpha value is -1.82. The molecule has 1 amide bonds. The van der Waals surface area contributed by atoms with Gasteiger partial charge in [0, 0.05) is 24.7 Å². The number of hydrogen-bond acceptors (Lipinski definition) is 6. The van der Waals surface area contributed by atoms with E-state index in [4.69, 9.17) is 34.8 Å². The lowest BCUT2D eigenvalue weighted by Crippen LogP contribution is -2.30. The summed E-state index contributed by atoms with van der Waals surface area (Å²) in [6, 6.07) is 9.67. The number of anilines is 1. The van der Waals surface area contributed by atoms with Crippen LogP contribution in [-0.2, 0) is 14.8 Å². The first kappa shape index (κ1) is 30.7. The van der Waals surface area contributed by atoms with Gasteiger partial charge in [-0.1, -0.05) is 79.5 Å². The van der Waals surface area contributed by atoms with Gasteiger partial charge in [-0.25, -0.2) is 8.42 Å². The number of nitrogens with zero attached hydrogens (tertiary/aromatic N) is 4. The van der Waals surface area contributed by atoms with E-state index in [-0.39, 0.29) is 26.9 Å². The standard InChI is InChI=1S/C25H30Cl3N5O3S2/c1-6-15(4)33-23(17-10-9-11-18(12-17)38(35,36)32(7-2)8-3)30-31-25(33)37-16(5)24(34)29-22-14-20(27)19(26)13-21(22)28/h9-16H,6-8H2,1-5H3,(H,29,34)/t15-,16+/m0/s1. The minimum atomic E-state index is -3.64. The van der Waals surface area contributed by atoms with Crippen molar-refractivity contribution in [1.82, 2.24) is 19.1 Å². The van der Waals surface area contributed by atoms with Gasteiger partial charge in [-0.05, 0) is 44.5 Å². The van der Waals surface area contributed by atoms with Crippen LogP contribution in [0.1, 0.15) is 47.1 Å². The molecule has 2 aromatic carbocycles. The summed E-state index contributed by atoms with van der Waals surface area (Å²) in [7, 11) is -3.64. The molecule has 2 atom stereocenters. The molecule has 1 N–H and O–H groups in total. The van der Waals surface area contributed by atoms with E-state index in [9.17, 15) is 13.2 Å². The number of benzene rings is 2. The molecular weight excluding hydrogens is 589 g/mol. The Kier molecular flexibility index (Phi) is 10.5. The van der Waals surface area contributed by atoms with E-state index in [1.165, 1.54) is 28.2 Å². The van der Waals surface area contributed by atoms with Crippen molar-refractivity contribution in [3.05, 3.63) is 51.5 Å². The molecule has 0 aliphatic heterocycles. The molecular formula is C25H30Cl3N5O3S2. The summed E-state index contributed by atoms with van der Waals surface area (Å²) in [5.74, 6) is 0.224. The first-order valence-electron chi connectivity index (χ1n) is 12.1. The molecule has 0 aliphatic carbocycles. The molecule has 13 heteroatoms. The SMILES string of the molecule is CC[C@H](C)n1c(S[C@H](C)C(=O)Nc2cc(Cl)c(Cl)cc2Cl)nnc1-c1cccc(S(=O)(=O)N(CC)CC)c1. The molecule has 0 spiro atoms. The second kappa shape index (κ2) is 13.0. The summed E-state index contributed by atoms with van der Waals surface area (Å²) in [5, 5.41) is 12.4. The van der Waals surface area contributed by atoms with Crippen molar-refractivity contribution in [2.24, 2.45) is 0 Å². The average molecular weight is 619 g/mol. The number of sulfonamides is 1. The molecule has 0 unspecified atom stereocenters. The highest BCUT2D eigenvalue weighted by Gasteiger charge is 2.26. The maximum Gasteiger partial charge on any atom is 0.243 e. The third kappa shape index (κ3) is 6.66. The molecule has 3 rings (SSSR count). The summed E-state index contributed by atoms with van der Waals surface area (Å²) < 4.78 is 29.5. The van der Waals surface area contributed by atoms with Gasteiger partial charge in [0.1, 0.15) is 0 Å². The molecule has 1 heterocycles. The number of nitrogens with one attached hydrogen (secondary N) is 1. The van der Waals surface area contributed by atoms with E-state index in [2.05, 4.69) is 15.5 Å². The molecule has 0 aliphatic rings. The van der Waals surface area contributed by atoms with Gasteiger partial charge in [0.25, 0.3) is 0 Å². The van der Waals surface area contributed by atoms with Crippen molar-refractivity contribution >= 4 is 68.2 Å². The Bertz CT molecular complexity index is 1410. The smallest absolute Gasteiger partial charge is 0.243 e. The Morgan fingerprint density at radius 1 is 1.03 bits per heavy atom. The maximum absolute atomic E-state index is 13.1. The molecule has 0 radical (unpaired) electrons. The van der Waals surface area contributed by atoms with E-state index >= 15 is 0 Å². The number of amides is 1. The second-order valence-corrected chi connectivity index (χ2v) is 13.0. The molecule has 3 aromatic rings. The van der Waals surface area contributed by atoms with Gasteiger partial charge in [0.15, 0.2) is 11.0 Å². The van der Waals surface area contributed by atoms with Crippen molar-refractivity contribution in [2.75, 3.05) is 18.4 Å². The van der Waals surface area contributed by atoms with E-state index < -0.39 is 15.3 Å². The number of aromatic nitrogens is 3. The highest BCUT2D eigenvalue weighted by molar-refractivity contribution is 8.00. The first-order chi connectivity index (χ1) is 17.9. The van der Waals surface area contributed by atoms with E-state index in [0.29, 0.717) is 40.3 Å². The third-order valence-corrected chi connectivity index (χ3v) is 10.2. The Labute approximate surface area is 243 Å². The zero-order chi connectivity index (χ0) is 28.2. The van der Waals surface area contributed by atoms with Gasteiger partial charge in [-0.2, -0.15) is 4.31 Å². The fourth-order valence-corrected chi connectivity index (χ4v) is 6.76. The van der Waals surface area contributed by atoms with Crippen LogP contribution in [0, 0.1) is 0 Å². The van der Waals surface area contributed by atoms with Gasteiger partial charge in [-0.15, -0.1) is 10.2 Å². The lowest BCUT2D eigenvalue weighted by molar-refractivity contribution is -0.115. The molecule has 0 saturated carbocycles. The van der Waals surface area contributed by atoms with Gasteiger partial charge in [0.05, 0.1) is 30.9 Å². The lowest BCUT2D eigenvalue weighted by Gasteiger charge is -2.20. The fraction of sp³-hybridized carbons (Fsp3) is 0.400. The number of carbonyl (C=O) groups excluding carboxylic acids is 1. The Morgan fingerprint density at radius 2 is 1.68 bits per heavy atom. The summed E-state index contributed by atoms with van der Waals surface area (Å²) in [6.07, 6.45) is 0.773. The van der Waals surface area contributed by atoms with Gasteiger partial charge < -0.3 is 5.32 Å². The summed E-state index contributed by atoms with van der Waals surface area (Å²) >= 11 is 19.5. The predicted octanol–water partition coefficient (Wildman–Crippen LogP) is 7.03. The summed E-state index contributed by atoms with van der Waals surface area (Å²) in [5.41, 5.74) is 0.978. The quantitative estimate of drug-likeness (QED) is 0.183. The number of rotatable bonds is 11. The van der Waals surface area contributed by atoms with Crippen LogP contribution < -0.4 is 5.32 Å². The maximum atomic E-state index is 13.1. The van der Waals surface area contributed by atoms with Crippen LogP contribution in [-0.4, -0.2) is 51.7 Å². The molecule has 1 aromatic heterocycles. The van der Waals surface area contributed by atoms with Crippen molar-refractivity contribution in [3.8, 4) is 11.4 Å². The molecule has 38 heavy (non-hydrogen) atoms. The zero-order valence-corrected chi connectivity index (χ0v) is 25.6. The van der Waals surface area contributed by atoms with E-state index in [1.54, 1.807) is 45.0 Å². The zero-order valence-electron chi connectivity index (χ0n) is 21.7. The monoisotopic (exact) mass is 617 g/mol. The van der Waals surface area contributed by atoms with Crippen molar-refractivity contribution in [2.45, 2.75) is 62.4 Å². The highest BCUT2D eigenvalue weighted by atomic mass is 35.5. The second-order valence-electron chi connectivity index (χ2n) is 8.55. The minimum absolute atomic E-state index is 0.00896. The average Bonchev–Trinajstić information content (AvgIpc) is 3.30. The molecule has 0 bridgehead atoms. The molecule has 206 valence electrons. The molecule has 0 saturated heterocycles. The largest absolute Gasteiger partial charge is 0.324 e. The fourth-order valence-electron chi connectivity index (χ4n) is 3.71. The lowest BCUT2D eigenvalue weighted by atomic mass is 10.2. The Balaban J connectivity index is 1.92. The van der Waals surface area contributed by atoms with Crippen LogP contribution in [0.3, 0.4) is 0 Å². The van der Waals surface area contributed by atoms with Crippen molar-refractivity contribution in [3.63, 3.8) is 0 Å². The first-order valence-corrected chi connectivity index (χ1v) is 15.6. The van der Waals surface area contributed by atoms with Crippen LogP contribution in [0.4, 0.5) is 5.69 Å². The molecule has 8 nitrogen and oxygen atoms in total. The van der Waals surface area contributed by atoms with Crippen LogP contribution in [0.5, 0.6) is 0 Å². The van der Waals surface area contributed by atoms with Gasteiger partial charge in [0.2, 0.25) is 15.9 Å². The number of hydrogen-bond donors (Lipinski definition) is 1. The third-order valence-electron chi connectivity index (χ3n) is 6.05. The minimum Gasteiger partial charge on any atom is -0.324 e. The van der Waals surface area contributed by atoms with Crippen molar-refractivity contribution in [1.29, 1.82) is 0 Å². The topological polar surface area (TPSA) is 97.2 Å². The number of halogens is 3. The van der Waals surface area contributed by atoms with Gasteiger partial charge in [-0.3, -0.25) is 9.36 Å². The van der Waals surface area contributed by atoms with Gasteiger partial charge >= 0.3 is 0 Å².